The summed E-state index contributed by atoms with van der Waals surface area (Å²) >= 11 is 1.48. The van der Waals surface area contributed by atoms with Gasteiger partial charge < -0.3 is 5.11 Å². The highest BCUT2D eigenvalue weighted by molar-refractivity contribution is 7.99. The number of aliphatic hydroxyl groups is 1. The number of hydrogen-bond donors (Lipinski definition) is 2. The van der Waals surface area contributed by atoms with E-state index in [-0.39, 0.29) is 11.5 Å². The van der Waals surface area contributed by atoms with Crippen LogP contribution in [0, 0.1) is 0 Å². The van der Waals surface area contributed by atoms with Gasteiger partial charge in [0, 0.05) is 10.6 Å². The van der Waals surface area contributed by atoms with Crippen molar-refractivity contribution in [2.24, 2.45) is 0 Å². The zero-order chi connectivity index (χ0) is 11.3. The minimum Gasteiger partial charge on any atom is -0.396 e. The van der Waals surface area contributed by atoms with Gasteiger partial charge in [0.1, 0.15) is 0 Å². The molecule has 0 fully saturated rings. The Morgan fingerprint density at radius 2 is 1.93 bits per heavy atom. The van der Waals surface area contributed by atoms with Crippen LogP contribution < -0.4 is 4.72 Å². The van der Waals surface area contributed by atoms with Crippen LogP contribution in [0.2, 0.25) is 0 Å². The fraction of sp³-hybridized carbons (Fsp3) is 0.333. The Morgan fingerprint density at radius 1 is 1.33 bits per heavy atom. The van der Waals surface area contributed by atoms with E-state index in [1.807, 2.05) is 0 Å². The highest BCUT2D eigenvalue weighted by Gasteiger charge is 2.09. The van der Waals surface area contributed by atoms with Crippen molar-refractivity contribution in [3.63, 3.8) is 0 Å². The molecule has 2 N–H and O–H groups in total. The van der Waals surface area contributed by atoms with Crippen molar-refractivity contribution in [2.45, 2.75) is 9.79 Å². The number of aliphatic hydroxyl groups excluding tert-OH is 1. The molecule has 1 aromatic carbocycles. The first-order valence-corrected chi connectivity index (χ1v) is 6.84. The molecule has 0 spiro atoms. The molecule has 0 bridgehead atoms. The second-order valence-corrected chi connectivity index (χ2v) is 5.81. The number of nitrogens with one attached hydrogen (secondary N) is 1. The quantitative estimate of drug-likeness (QED) is 0.751. The summed E-state index contributed by atoms with van der Waals surface area (Å²) in [7, 11) is -1.97. The highest BCUT2D eigenvalue weighted by Crippen LogP contribution is 2.19. The molecule has 0 saturated carbocycles. The molecule has 0 atom stereocenters. The van der Waals surface area contributed by atoms with E-state index in [1.54, 1.807) is 24.3 Å². The molecule has 0 heterocycles. The van der Waals surface area contributed by atoms with Gasteiger partial charge in [0.25, 0.3) is 0 Å². The number of benzene rings is 1. The Labute approximate surface area is 93.8 Å². The summed E-state index contributed by atoms with van der Waals surface area (Å²) < 4.78 is 25.0. The molecule has 1 rings (SSSR count). The number of sulfonamides is 1. The number of thioether (sulfide) groups is 1. The standard InChI is InChI=1S/C9H13NO3S2/c1-10-15(12,13)9-4-2-8(3-5-9)14-7-6-11/h2-5,10-11H,6-7H2,1H3. The van der Waals surface area contributed by atoms with Crippen molar-refractivity contribution in [3.8, 4) is 0 Å². The van der Waals surface area contributed by atoms with Gasteiger partial charge in [0.2, 0.25) is 10.0 Å². The van der Waals surface area contributed by atoms with Gasteiger partial charge in [-0.25, -0.2) is 13.1 Å². The average Bonchev–Trinajstić information content (AvgIpc) is 2.27. The lowest BCUT2D eigenvalue weighted by atomic mass is 10.4. The van der Waals surface area contributed by atoms with Gasteiger partial charge in [-0.05, 0) is 31.3 Å². The Bertz CT molecular complexity index is 400. The van der Waals surface area contributed by atoms with Gasteiger partial charge in [0.15, 0.2) is 0 Å². The maximum Gasteiger partial charge on any atom is 0.240 e. The summed E-state index contributed by atoms with van der Waals surface area (Å²) in [6.45, 7) is 0.112. The summed E-state index contributed by atoms with van der Waals surface area (Å²) in [5, 5.41) is 8.62. The molecule has 0 aliphatic heterocycles. The molecule has 0 aliphatic rings. The zero-order valence-electron chi connectivity index (χ0n) is 8.30. The fourth-order valence-corrected chi connectivity index (χ4v) is 2.38. The van der Waals surface area contributed by atoms with E-state index in [1.165, 1.54) is 18.8 Å². The minimum absolute atomic E-state index is 0.112. The van der Waals surface area contributed by atoms with Crippen LogP contribution in [-0.4, -0.2) is 32.9 Å². The van der Waals surface area contributed by atoms with E-state index >= 15 is 0 Å². The van der Waals surface area contributed by atoms with E-state index in [2.05, 4.69) is 4.72 Å². The summed E-state index contributed by atoms with van der Waals surface area (Å²) in [5.74, 6) is 0.609. The predicted molar refractivity (Wildman–Crippen MR) is 60.5 cm³/mol. The van der Waals surface area contributed by atoms with Crippen LogP contribution in [-0.2, 0) is 10.0 Å². The fourth-order valence-electron chi connectivity index (χ4n) is 0.996. The Hall–Kier alpha value is -0.560. The molecule has 6 heteroatoms. The van der Waals surface area contributed by atoms with Gasteiger partial charge in [-0.2, -0.15) is 0 Å². The molecule has 84 valence electrons. The van der Waals surface area contributed by atoms with Crippen LogP contribution >= 0.6 is 11.8 Å². The van der Waals surface area contributed by atoms with E-state index in [4.69, 9.17) is 5.11 Å². The Morgan fingerprint density at radius 3 is 2.40 bits per heavy atom. The first kappa shape index (κ1) is 12.5. The normalized spacial score (nSPS) is 11.6. The summed E-state index contributed by atoms with van der Waals surface area (Å²) in [6, 6.07) is 6.55. The van der Waals surface area contributed by atoms with Crippen LogP contribution in [0.1, 0.15) is 0 Å². The van der Waals surface area contributed by atoms with Gasteiger partial charge >= 0.3 is 0 Å². The van der Waals surface area contributed by atoms with Gasteiger partial charge in [0.05, 0.1) is 11.5 Å². The molecule has 0 saturated heterocycles. The predicted octanol–water partition coefficient (Wildman–Crippen LogP) is 0.679. The molecule has 0 radical (unpaired) electrons. The van der Waals surface area contributed by atoms with Crippen molar-refractivity contribution < 1.29 is 13.5 Å². The molecular formula is C9H13NO3S2. The lowest BCUT2D eigenvalue weighted by molar-refractivity contribution is 0.322. The van der Waals surface area contributed by atoms with Crippen molar-refractivity contribution in [1.82, 2.24) is 4.72 Å². The average molecular weight is 247 g/mol. The molecule has 0 aromatic heterocycles. The van der Waals surface area contributed by atoms with Crippen molar-refractivity contribution in [3.05, 3.63) is 24.3 Å². The van der Waals surface area contributed by atoms with Gasteiger partial charge in [-0.15, -0.1) is 11.8 Å². The Balaban J connectivity index is 2.81. The smallest absolute Gasteiger partial charge is 0.240 e. The van der Waals surface area contributed by atoms with Crippen molar-refractivity contribution in [2.75, 3.05) is 19.4 Å². The Kier molecular flexibility index (Phi) is 4.59. The highest BCUT2D eigenvalue weighted by atomic mass is 32.2. The summed E-state index contributed by atoms with van der Waals surface area (Å²) in [6.07, 6.45) is 0. The molecular weight excluding hydrogens is 234 g/mol. The third kappa shape index (κ3) is 3.49. The third-order valence-corrected chi connectivity index (χ3v) is 4.19. The van der Waals surface area contributed by atoms with Crippen molar-refractivity contribution in [1.29, 1.82) is 0 Å². The first-order valence-electron chi connectivity index (χ1n) is 4.37. The van der Waals surface area contributed by atoms with Gasteiger partial charge in [-0.1, -0.05) is 0 Å². The van der Waals surface area contributed by atoms with Crippen LogP contribution in [0.15, 0.2) is 34.1 Å². The van der Waals surface area contributed by atoms with E-state index in [0.717, 1.165) is 4.90 Å². The van der Waals surface area contributed by atoms with Crippen molar-refractivity contribution >= 4 is 21.8 Å². The summed E-state index contributed by atoms with van der Waals surface area (Å²) in [4.78, 5) is 1.19. The van der Waals surface area contributed by atoms with E-state index in [0.29, 0.717) is 5.75 Å². The SMILES string of the molecule is CNS(=O)(=O)c1ccc(SCCO)cc1. The largest absolute Gasteiger partial charge is 0.396 e. The maximum absolute atomic E-state index is 11.4. The van der Waals surface area contributed by atoms with Gasteiger partial charge in [-0.3, -0.25) is 0 Å². The molecule has 15 heavy (non-hydrogen) atoms. The monoisotopic (exact) mass is 247 g/mol. The topological polar surface area (TPSA) is 66.4 Å². The van der Waals surface area contributed by atoms with E-state index in [9.17, 15) is 8.42 Å². The lowest BCUT2D eigenvalue weighted by Gasteiger charge is -2.03. The zero-order valence-corrected chi connectivity index (χ0v) is 9.94. The minimum atomic E-state index is -3.34. The number of rotatable bonds is 5. The van der Waals surface area contributed by atoms with Crippen LogP contribution in [0.25, 0.3) is 0 Å². The molecule has 0 unspecified atom stereocenters. The maximum atomic E-state index is 11.4. The van der Waals surface area contributed by atoms with Crippen LogP contribution in [0.5, 0.6) is 0 Å². The second kappa shape index (κ2) is 5.50. The van der Waals surface area contributed by atoms with Crippen LogP contribution in [0.3, 0.4) is 0 Å². The molecule has 0 amide bonds. The first-order chi connectivity index (χ1) is 7.10. The van der Waals surface area contributed by atoms with E-state index < -0.39 is 10.0 Å². The molecule has 1 aromatic rings. The summed E-state index contributed by atoms with van der Waals surface area (Å²) in [5.41, 5.74) is 0. The molecule has 0 aliphatic carbocycles. The number of hydrogen-bond acceptors (Lipinski definition) is 4. The van der Waals surface area contributed by atoms with Crippen LogP contribution in [0.4, 0.5) is 0 Å². The molecule has 4 nitrogen and oxygen atoms in total. The second-order valence-electron chi connectivity index (χ2n) is 2.75. The third-order valence-electron chi connectivity index (χ3n) is 1.76. The lowest BCUT2D eigenvalue weighted by Crippen LogP contribution is -2.18.